The SMILES string of the molecule is COc1ncc(-c2ccc3nc(N)n(C4CCN(C(=O)OC(C)(C)C)C4)c3c2)cc1S(=O)(=O)NC(C)(C)C.O=CO. The number of benzene rings is 1. The van der Waals surface area contributed by atoms with Crippen molar-refractivity contribution in [2.75, 3.05) is 25.9 Å². The van der Waals surface area contributed by atoms with Crippen LogP contribution in [0.3, 0.4) is 0 Å². The molecule has 41 heavy (non-hydrogen) atoms. The van der Waals surface area contributed by atoms with Gasteiger partial charge in [-0.05, 0) is 71.7 Å². The number of hydrogen-bond donors (Lipinski definition) is 3. The Morgan fingerprint density at radius 2 is 1.83 bits per heavy atom. The van der Waals surface area contributed by atoms with Gasteiger partial charge in [-0.3, -0.25) is 4.79 Å². The summed E-state index contributed by atoms with van der Waals surface area (Å²) >= 11 is 0. The molecule has 1 aliphatic rings. The molecule has 224 valence electrons. The number of amides is 1. The lowest BCUT2D eigenvalue weighted by atomic mass is 10.1. The van der Waals surface area contributed by atoms with Crippen molar-refractivity contribution in [3.63, 3.8) is 0 Å². The maximum absolute atomic E-state index is 13.1. The molecule has 3 heterocycles. The van der Waals surface area contributed by atoms with E-state index in [2.05, 4.69) is 14.7 Å². The van der Waals surface area contributed by atoms with Gasteiger partial charge in [0.2, 0.25) is 21.9 Å². The molecular weight excluding hydrogens is 552 g/mol. The summed E-state index contributed by atoms with van der Waals surface area (Å²) in [6.45, 7) is 11.5. The third-order valence-electron chi connectivity index (χ3n) is 5.97. The Balaban J connectivity index is 0.00000147. The van der Waals surface area contributed by atoms with E-state index in [0.717, 1.165) is 11.1 Å². The number of carbonyl (C=O) groups is 2. The number of likely N-dealkylation sites (tertiary alicyclic amines) is 1. The first-order chi connectivity index (χ1) is 19.0. The molecule has 3 aromatic rings. The number of fused-ring (bicyclic) bond motifs is 1. The Morgan fingerprint density at radius 3 is 2.41 bits per heavy atom. The summed E-state index contributed by atoms with van der Waals surface area (Å²) in [4.78, 5) is 31.4. The van der Waals surface area contributed by atoms with Crippen LogP contribution in [0.5, 0.6) is 5.88 Å². The molecule has 1 saturated heterocycles. The van der Waals surface area contributed by atoms with Crippen molar-refractivity contribution < 1.29 is 32.6 Å². The summed E-state index contributed by atoms with van der Waals surface area (Å²) in [7, 11) is -2.52. The van der Waals surface area contributed by atoms with Gasteiger partial charge in [0.05, 0.1) is 24.2 Å². The van der Waals surface area contributed by atoms with Crippen LogP contribution in [0.2, 0.25) is 0 Å². The standard InChI is InChI=1S/C26H36N6O5S.CH2O2/c1-25(2,3)30-38(34,35)21-13-17(14-28-22(21)36-7)16-8-9-19-20(12-16)32(23(27)29-19)18-10-11-31(15-18)24(33)37-26(4,5)6;2-1-3/h8-9,12-14,18,30H,10-11,15H2,1-7H3,(H2,27,29);1H,(H,2,3). The summed E-state index contributed by atoms with van der Waals surface area (Å²) in [6, 6.07) is 7.06. The number of pyridine rings is 1. The van der Waals surface area contributed by atoms with E-state index in [4.69, 9.17) is 25.1 Å². The zero-order chi connectivity index (χ0) is 30.8. The molecule has 0 bridgehead atoms. The lowest BCUT2D eigenvalue weighted by Gasteiger charge is -2.24. The number of sulfonamides is 1. The number of nitrogen functional groups attached to an aromatic ring is 1. The van der Waals surface area contributed by atoms with Gasteiger partial charge in [-0.15, -0.1) is 0 Å². The summed E-state index contributed by atoms with van der Waals surface area (Å²) in [6.07, 6.45) is 1.91. The fourth-order valence-corrected chi connectivity index (χ4v) is 6.08. The predicted molar refractivity (Wildman–Crippen MR) is 154 cm³/mol. The summed E-state index contributed by atoms with van der Waals surface area (Å²) in [5.41, 5.74) is 7.88. The highest BCUT2D eigenvalue weighted by Crippen LogP contribution is 2.34. The average Bonchev–Trinajstić information content (AvgIpc) is 3.45. The number of ether oxygens (including phenoxy) is 2. The van der Waals surface area contributed by atoms with Gasteiger partial charge < -0.3 is 29.8 Å². The monoisotopic (exact) mass is 590 g/mol. The van der Waals surface area contributed by atoms with Gasteiger partial charge in [-0.1, -0.05) is 6.07 Å². The van der Waals surface area contributed by atoms with Gasteiger partial charge in [0.1, 0.15) is 10.5 Å². The van der Waals surface area contributed by atoms with Crippen molar-refractivity contribution >= 4 is 39.6 Å². The minimum Gasteiger partial charge on any atom is -0.483 e. The Hall–Kier alpha value is -3.91. The van der Waals surface area contributed by atoms with Crippen molar-refractivity contribution in [3.05, 3.63) is 30.5 Å². The molecule has 1 unspecified atom stereocenters. The highest BCUT2D eigenvalue weighted by molar-refractivity contribution is 7.89. The number of carbonyl (C=O) groups excluding carboxylic acids is 1. The molecule has 0 aliphatic carbocycles. The number of nitrogens with zero attached hydrogens (tertiary/aromatic N) is 4. The topological polar surface area (TPSA) is 179 Å². The zero-order valence-electron chi connectivity index (χ0n) is 24.3. The molecule has 0 saturated carbocycles. The number of anilines is 1. The molecule has 14 heteroatoms. The van der Waals surface area contributed by atoms with Gasteiger partial charge in [0.15, 0.2) is 0 Å². The average molecular weight is 591 g/mol. The van der Waals surface area contributed by atoms with Crippen LogP contribution < -0.4 is 15.2 Å². The third-order valence-corrected chi connectivity index (χ3v) is 7.72. The van der Waals surface area contributed by atoms with Gasteiger partial charge in [0.25, 0.3) is 6.47 Å². The number of aromatic nitrogens is 3. The molecular formula is C27H38N6O7S. The summed E-state index contributed by atoms with van der Waals surface area (Å²) in [5, 5.41) is 6.89. The van der Waals surface area contributed by atoms with Gasteiger partial charge in [-0.2, -0.15) is 0 Å². The maximum atomic E-state index is 13.1. The lowest BCUT2D eigenvalue weighted by Crippen LogP contribution is -2.40. The van der Waals surface area contributed by atoms with E-state index < -0.39 is 21.2 Å². The molecule has 1 aromatic carbocycles. The highest BCUT2D eigenvalue weighted by atomic mass is 32.2. The van der Waals surface area contributed by atoms with Gasteiger partial charge >= 0.3 is 6.09 Å². The second kappa shape index (κ2) is 11.9. The molecule has 13 nitrogen and oxygen atoms in total. The number of nitrogens with one attached hydrogen (secondary N) is 1. The van der Waals surface area contributed by atoms with E-state index in [1.807, 2.05) is 43.5 Å². The number of hydrogen-bond acceptors (Lipinski definition) is 9. The Labute approximate surface area is 239 Å². The minimum absolute atomic E-state index is 0.00838. The molecule has 0 radical (unpaired) electrons. The van der Waals surface area contributed by atoms with Crippen molar-refractivity contribution in [2.24, 2.45) is 0 Å². The second-order valence-electron chi connectivity index (χ2n) is 11.6. The van der Waals surface area contributed by atoms with E-state index >= 15 is 0 Å². The highest BCUT2D eigenvalue weighted by Gasteiger charge is 2.32. The molecule has 1 atom stereocenters. The van der Waals surface area contributed by atoms with Crippen LogP contribution in [0.15, 0.2) is 35.4 Å². The molecule has 1 amide bonds. The van der Waals surface area contributed by atoms with Crippen molar-refractivity contribution in [1.82, 2.24) is 24.2 Å². The van der Waals surface area contributed by atoms with Crippen LogP contribution in [-0.4, -0.2) is 76.9 Å². The predicted octanol–water partition coefficient (Wildman–Crippen LogP) is 3.65. The van der Waals surface area contributed by atoms with Crippen LogP contribution in [0, 0.1) is 0 Å². The Bertz CT molecular complexity index is 1520. The number of nitrogens with two attached hydrogens (primary N) is 1. The van der Waals surface area contributed by atoms with E-state index in [-0.39, 0.29) is 29.4 Å². The van der Waals surface area contributed by atoms with Crippen LogP contribution in [0.4, 0.5) is 10.7 Å². The number of imidazole rings is 1. The first-order valence-electron chi connectivity index (χ1n) is 12.9. The molecule has 1 aliphatic heterocycles. The first kappa shape index (κ1) is 31.6. The summed E-state index contributed by atoms with van der Waals surface area (Å²) < 4.78 is 41.6. The molecule has 4 rings (SSSR count). The number of rotatable bonds is 5. The third kappa shape index (κ3) is 7.64. The van der Waals surface area contributed by atoms with Crippen LogP contribution in [0.25, 0.3) is 22.2 Å². The van der Waals surface area contributed by atoms with Crippen molar-refractivity contribution in [1.29, 1.82) is 0 Å². The Kier molecular flexibility index (Phi) is 9.18. The van der Waals surface area contributed by atoms with Gasteiger partial charge in [-0.25, -0.2) is 27.9 Å². The first-order valence-corrected chi connectivity index (χ1v) is 14.4. The van der Waals surface area contributed by atoms with Crippen molar-refractivity contribution in [2.45, 2.75) is 70.0 Å². The lowest BCUT2D eigenvalue weighted by molar-refractivity contribution is -0.122. The Morgan fingerprint density at radius 1 is 1.17 bits per heavy atom. The molecule has 0 spiro atoms. The normalized spacial score (nSPS) is 15.8. The fourth-order valence-electron chi connectivity index (χ4n) is 4.51. The van der Waals surface area contributed by atoms with Gasteiger partial charge in [0, 0.05) is 30.4 Å². The molecule has 2 aromatic heterocycles. The minimum atomic E-state index is -3.90. The van der Waals surface area contributed by atoms with Crippen LogP contribution in [-0.2, 0) is 19.6 Å². The number of methoxy groups -OCH3 is 1. The van der Waals surface area contributed by atoms with E-state index in [1.54, 1.807) is 37.9 Å². The van der Waals surface area contributed by atoms with Crippen LogP contribution in [0.1, 0.15) is 54.0 Å². The van der Waals surface area contributed by atoms with E-state index in [9.17, 15) is 13.2 Å². The largest absolute Gasteiger partial charge is 0.483 e. The molecule has 4 N–H and O–H groups in total. The summed E-state index contributed by atoms with van der Waals surface area (Å²) in [5.74, 6) is 0.354. The van der Waals surface area contributed by atoms with Crippen molar-refractivity contribution in [3.8, 4) is 17.0 Å². The van der Waals surface area contributed by atoms with E-state index in [1.165, 1.54) is 7.11 Å². The van der Waals surface area contributed by atoms with E-state index in [0.29, 0.717) is 36.5 Å². The molecule has 1 fully saturated rings. The number of carboxylic acid groups (broad SMARTS) is 1. The zero-order valence-corrected chi connectivity index (χ0v) is 25.2. The maximum Gasteiger partial charge on any atom is 0.410 e. The van der Waals surface area contributed by atoms with Crippen LogP contribution >= 0.6 is 0 Å². The second-order valence-corrected chi connectivity index (χ2v) is 13.3. The fraction of sp³-hybridized carbons (Fsp3) is 0.481. The smallest absolute Gasteiger partial charge is 0.410 e. The quantitative estimate of drug-likeness (QED) is 0.371.